The number of ether oxygens (including phenoxy) is 1. The fraction of sp³-hybridized carbons (Fsp3) is 0.143. The van der Waals surface area contributed by atoms with Crippen LogP contribution in [0.5, 0.6) is 5.75 Å². The van der Waals surface area contributed by atoms with Gasteiger partial charge in [-0.3, -0.25) is 9.78 Å². The Balaban J connectivity index is 1.48. The highest BCUT2D eigenvalue weighted by Crippen LogP contribution is 2.38. The number of carbonyl (C=O) groups is 1. The molecule has 1 aromatic heterocycles. The van der Waals surface area contributed by atoms with Crippen LogP contribution in [0.15, 0.2) is 60.8 Å². The molecule has 1 atom stereocenters. The molecule has 0 saturated carbocycles. The predicted octanol–water partition coefficient (Wildman–Crippen LogP) is 3.76. The topological polar surface area (TPSA) is 51.2 Å². The Morgan fingerprint density at radius 2 is 1.93 bits per heavy atom. The molecule has 0 bridgehead atoms. The Morgan fingerprint density at radius 1 is 1.11 bits per heavy atom. The van der Waals surface area contributed by atoms with E-state index in [4.69, 9.17) is 4.74 Å². The molecule has 1 aliphatic rings. The van der Waals surface area contributed by atoms with Gasteiger partial charge in [-0.1, -0.05) is 6.07 Å². The fourth-order valence-corrected chi connectivity index (χ4v) is 3.13. The van der Waals surface area contributed by atoms with Gasteiger partial charge in [0.2, 0.25) is 0 Å². The Bertz CT molecular complexity index is 975. The summed E-state index contributed by atoms with van der Waals surface area (Å²) in [6.45, 7) is 0.258. The molecule has 2 aromatic carbocycles. The second-order valence-electron chi connectivity index (χ2n) is 6.32. The van der Waals surface area contributed by atoms with Crippen LogP contribution in [-0.2, 0) is 6.42 Å². The predicted molar refractivity (Wildman–Crippen MR) is 96.5 cm³/mol. The van der Waals surface area contributed by atoms with Gasteiger partial charge in [0.15, 0.2) is 0 Å². The van der Waals surface area contributed by atoms with Crippen molar-refractivity contribution in [3.8, 4) is 17.0 Å². The monoisotopic (exact) mass is 366 g/mol. The van der Waals surface area contributed by atoms with Gasteiger partial charge in [-0.2, -0.15) is 0 Å². The van der Waals surface area contributed by atoms with Gasteiger partial charge < -0.3 is 10.1 Å². The molecule has 1 aliphatic heterocycles. The minimum absolute atomic E-state index is 0.258. The molecule has 2 heterocycles. The van der Waals surface area contributed by atoms with E-state index in [0.717, 1.165) is 5.56 Å². The van der Waals surface area contributed by atoms with Crippen LogP contribution in [0.1, 0.15) is 15.9 Å². The molecule has 136 valence electrons. The molecular formula is C21H16F2N2O2. The number of hydrogen-bond acceptors (Lipinski definition) is 3. The van der Waals surface area contributed by atoms with Crippen molar-refractivity contribution in [2.75, 3.05) is 6.54 Å². The third-order valence-electron chi connectivity index (χ3n) is 4.40. The summed E-state index contributed by atoms with van der Waals surface area (Å²) in [6.07, 6.45) is 1.81. The first-order valence-corrected chi connectivity index (χ1v) is 8.54. The zero-order valence-electron chi connectivity index (χ0n) is 14.3. The summed E-state index contributed by atoms with van der Waals surface area (Å²) in [5.41, 5.74) is 2.34. The van der Waals surface area contributed by atoms with Crippen molar-refractivity contribution in [3.05, 3.63) is 83.6 Å². The number of nitrogens with zero attached hydrogens (tertiary/aromatic N) is 1. The minimum Gasteiger partial charge on any atom is -0.487 e. The molecule has 0 saturated heterocycles. The van der Waals surface area contributed by atoms with E-state index in [2.05, 4.69) is 10.3 Å². The van der Waals surface area contributed by atoms with Crippen LogP contribution >= 0.6 is 0 Å². The summed E-state index contributed by atoms with van der Waals surface area (Å²) in [4.78, 5) is 16.4. The van der Waals surface area contributed by atoms with Crippen LogP contribution in [0.4, 0.5) is 8.78 Å². The summed E-state index contributed by atoms with van der Waals surface area (Å²) in [5.74, 6) is -0.471. The smallest absolute Gasteiger partial charge is 0.251 e. The first kappa shape index (κ1) is 17.1. The molecule has 0 radical (unpaired) electrons. The number of fused-ring (bicyclic) bond motifs is 1. The average Bonchev–Trinajstić information content (AvgIpc) is 3.09. The lowest BCUT2D eigenvalue weighted by Crippen LogP contribution is -2.34. The van der Waals surface area contributed by atoms with Gasteiger partial charge in [0.05, 0.1) is 12.2 Å². The van der Waals surface area contributed by atoms with Crippen molar-refractivity contribution >= 4 is 5.91 Å². The van der Waals surface area contributed by atoms with Crippen molar-refractivity contribution < 1.29 is 18.3 Å². The second kappa shape index (κ2) is 7.15. The third kappa shape index (κ3) is 3.65. The number of aromatic nitrogens is 1. The number of carbonyl (C=O) groups excluding carboxylic acids is 1. The zero-order valence-corrected chi connectivity index (χ0v) is 14.3. The van der Waals surface area contributed by atoms with Gasteiger partial charge in [-0.15, -0.1) is 0 Å². The lowest BCUT2D eigenvalue weighted by atomic mass is 10.0. The number of pyridine rings is 1. The lowest BCUT2D eigenvalue weighted by molar-refractivity contribution is 0.0933. The van der Waals surface area contributed by atoms with E-state index < -0.39 is 5.82 Å². The standard InChI is InChI=1S/C21H16F2N2O2/c22-15-6-4-13(5-7-15)21(26)25-12-17-10-14-9-16(23)11-18(20(14)27-17)19-3-1-2-8-24-19/h1-9,11,17H,10,12H2,(H,25,26)/t17-/m0/s1. The largest absolute Gasteiger partial charge is 0.487 e. The molecule has 4 rings (SSSR count). The zero-order chi connectivity index (χ0) is 18.8. The van der Waals surface area contributed by atoms with E-state index >= 15 is 0 Å². The number of rotatable bonds is 4. The van der Waals surface area contributed by atoms with Gasteiger partial charge in [0.1, 0.15) is 23.5 Å². The van der Waals surface area contributed by atoms with Crippen molar-refractivity contribution in [1.82, 2.24) is 10.3 Å². The molecule has 0 aliphatic carbocycles. The molecular weight excluding hydrogens is 350 g/mol. The number of nitrogens with one attached hydrogen (secondary N) is 1. The molecule has 0 unspecified atom stereocenters. The highest BCUT2D eigenvalue weighted by molar-refractivity contribution is 5.94. The fourth-order valence-electron chi connectivity index (χ4n) is 3.13. The van der Waals surface area contributed by atoms with Gasteiger partial charge in [0, 0.05) is 29.3 Å². The Morgan fingerprint density at radius 3 is 2.67 bits per heavy atom. The van der Waals surface area contributed by atoms with E-state index in [1.807, 2.05) is 6.07 Å². The summed E-state index contributed by atoms with van der Waals surface area (Å²) in [5, 5.41) is 2.77. The van der Waals surface area contributed by atoms with Crippen LogP contribution in [-0.4, -0.2) is 23.5 Å². The lowest BCUT2D eigenvalue weighted by Gasteiger charge is -2.13. The van der Waals surface area contributed by atoms with Gasteiger partial charge in [0.25, 0.3) is 5.91 Å². The molecule has 4 nitrogen and oxygen atoms in total. The Kier molecular flexibility index (Phi) is 4.54. The SMILES string of the molecule is O=C(NC[C@@H]1Cc2cc(F)cc(-c3ccccn3)c2O1)c1ccc(F)cc1. The molecule has 3 aromatic rings. The molecule has 6 heteroatoms. The van der Waals surface area contributed by atoms with E-state index in [1.165, 1.54) is 36.4 Å². The van der Waals surface area contributed by atoms with Crippen LogP contribution in [0.25, 0.3) is 11.3 Å². The first-order chi connectivity index (χ1) is 13.1. The molecule has 1 amide bonds. The third-order valence-corrected chi connectivity index (χ3v) is 4.40. The summed E-state index contributed by atoms with van der Waals surface area (Å²) in [6, 6.07) is 13.6. The van der Waals surface area contributed by atoms with E-state index in [9.17, 15) is 13.6 Å². The number of hydrogen-bond donors (Lipinski definition) is 1. The molecule has 0 spiro atoms. The Labute approximate surface area is 154 Å². The van der Waals surface area contributed by atoms with Crippen molar-refractivity contribution in [3.63, 3.8) is 0 Å². The highest BCUT2D eigenvalue weighted by atomic mass is 19.1. The van der Waals surface area contributed by atoms with Gasteiger partial charge in [-0.25, -0.2) is 8.78 Å². The van der Waals surface area contributed by atoms with Crippen LogP contribution in [0, 0.1) is 11.6 Å². The van der Waals surface area contributed by atoms with Gasteiger partial charge in [-0.05, 0) is 48.5 Å². The number of halogens is 2. The van der Waals surface area contributed by atoms with Crippen LogP contribution in [0.3, 0.4) is 0 Å². The van der Waals surface area contributed by atoms with Crippen molar-refractivity contribution in [2.24, 2.45) is 0 Å². The summed E-state index contributed by atoms with van der Waals surface area (Å²) < 4.78 is 32.9. The highest BCUT2D eigenvalue weighted by Gasteiger charge is 2.27. The number of benzene rings is 2. The maximum Gasteiger partial charge on any atom is 0.251 e. The van der Waals surface area contributed by atoms with E-state index in [0.29, 0.717) is 29.0 Å². The second-order valence-corrected chi connectivity index (χ2v) is 6.32. The van der Waals surface area contributed by atoms with E-state index in [-0.39, 0.29) is 24.4 Å². The average molecular weight is 366 g/mol. The normalized spacial score (nSPS) is 15.1. The molecule has 1 N–H and O–H groups in total. The quantitative estimate of drug-likeness (QED) is 0.765. The van der Waals surface area contributed by atoms with E-state index in [1.54, 1.807) is 18.3 Å². The Hall–Kier alpha value is -3.28. The molecule has 0 fully saturated rings. The summed E-state index contributed by atoms with van der Waals surface area (Å²) in [7, 11) is 0. The minimum atomic E-state index is -0.398. The number of amides is 1. The van der Waals surface area contributed by atoms with Crippen LogP contribution in [0.2, 0.25) is 0 Å². The van der Waals surface area contributed by atoms with Gasteiger partial charge >= 0.3 is 0 Å². The van der Waals surface area contributed by atoms with Crippen molar-refractivity contribution in [1.29, 1.82) is 0 Å². The first-order valence-electron chi connectivity index (χ1n) is 8.54. The molecule has 27 heavy (non-hydrogen) atoms. The van der Waals surface area contributed by atoms with Crippen LogP contribution < -0.4 is 10.1 Å². The maximum atomic E-state index is 14.0. The summed E-state index contributed by atoms with van der Waals surface area (Å²) >= 11 is 0. The maximum absolute atomic E-state index is 14.0. The van der Waals surface area contributed by atoms with Crippen molar-refractivity contribution in [2.45, 2.75) is 12.5 Å².